The van der Waals surface area contributed by atoms with Crippen LogP contribution in [0, 0.1) is 11.6 Å². The average molecular weight is 382 g/mol. The SMILES string of the molecule is O=c1cc([C@@H]2CCCCN2Cc2c(F)cccc2F)nc(-c2ccncc2)[nH]1. The van der Waals surface area contributed by atoms with Crippen LogP contribution >= 0.6 is 0 Å². The molecule has 4 rings (SSSR count). The normalized spacial score (nSPS) is 17.6. The Morgan fingerprint density at radius 2 is 1.86 bits per heavy atom. The summed E-state index contributed by atoms with van der Waals surface area (Å²) < 4.78 is 28.3. The molecule has 7 heteroatoms. The number of rotatable bonds is 4. The monoisotopic (exact) mass is 382 g/mol. The first kappa shape index (κ1) is 18.4. The molecule has 1 atom stereocenters. The van der Waals surface area contributed by atoms with Gasteiger partial charge in [0.2, 0.25) is 0 Å². The number of hydrogen-bond donors (Lipinski definition) is 1. The number of piperidine rings is 1. The molecule has 2 aromatic heterocycles. The number of nitrogens with zero attached hydrogens (tertiary/aromatic N) is 3. The van der Waals surface area contributed by atoms with E-state index in [2.05, 4.69) is 15.0 Å². The Bertz CT molecular complexity index is 1000. The van der Waals surface area contributed by atoms with Crippen molar-refractivity contribution in [1.29, 1.82) is 0 Å². The quantitative estimate of drug-likeness (QED) is 0.745. The summed E-state index contributed by atoms with van der Waals surface area (Å²) in [5.74, 6) is -0.645. The highest BCUT2D eigenvalue weighted by Gasteiger charge is 2.27. The summed E-state index contributed by atoms with van der Waals surface area (Å²) in [7, 11) is 0. The van der Waals surface area contributed by atoms with Crippen LogP contribution in [0.5, 0.6) is 0 Å². The Hall–Kier alpha value is -2.93. The van der Waals surface area contributed by atoms with Crippen molar-refractivity contribution in [3.05, 3.63) is 82.0 Å². The third-order valence-electron chi connectivity index (χ3n) is 5.09. The fraction of sp³-hybridized carbons (Fsp3) is 0.286. The molecule has 5 nitrogen and oxygen atoms in total. The molecule has 0 amide bonds. The van der Waals surface area contributed by atoms with E-state index in [1.165, 1.54) is 24.3 Å². The molecule has 1 saturated heterocycles. The fourth-order valence-corrected chi connectivity index (χ4v) is 3.70. The summed E-state index contributed by atoms with van der Waals surface area (Å²) in [6.45, 7) is 0.833. The van der Waals surface area contributed by atoms with E-state index in [9.17, 15) is 13.6 Å². The number of aromatic nitrogens is 3. The summed E-state index contributed by atoms with van der Waals surface area (Å²) >= 11 is 0. The lowest BCUT2D eigenvalue weighted by atomic mass is 9.98. The van der Waals surface area contributed by atoms with Crippen molar-refractivity contribution in [1.82, 2.24) is 19.9 Å². The Labute approximate surface area is 161 Å². The van der Waals surface area contributed by atoms with E-state index in [1.54, 1.807) is 24.5 Å². The van der Waals surface area contributed by atoms with Crippen molar-refractivity contribution in [3.8, 4) is 11.4 Å². The zero-order valence-electron chi connectivity index (χ0n) is 15.2. The van der Waals surface area contributed by atoms with Gasteiger partial charge < -0.3 is 4.98 Å². The number of benzene rings is 1. The van der Waals surface area contributed by atoms with Crippen LogP contribution in [-0.4, -0.2) is 26.4 Å². The minimum Gasteiger partial charge on any atom is -0.307 e. The van der Waals surface area contributed by atoms with Crippen LogP contribution in [0.4, 0.5) is 8.78 Å². The van der Waals surface area contributed by atoms with Gasteiger partial charge in [-0.2, -0.15) is 0 Å². The van der Waals surface area contributed by atoms with Gasteiger partial charge in [0.05, 0.1) is 11.7 Å². The molecule has 1 N–H and O–H groups in total. The predicted molar refractivity (Wildman–Crippen MR) is 101 cm³/mol. The van der Waals surface area contributed by atoms with Crippen molar-refractivity contribution >= 4 is 0 Å². The van der Waals surface area contributed by atoms with Gasteiger partial charge in [-0.3, -0.25) is 14.7 Å². The van der Waals surface area contributed by atoms with E-state index < -0.39 is 11.6 Å². The van der Waals surface area contributed by atoms with E-state index in [0.29, 0.717) is 18.1 Å². The molecule has 0 aliphatic carbocycles. The first-order valence-corrected chi connectivity index (χ1v) is 9.30. The first-order chi connectivity index (χ1) is 13.6. The molecule has 0 saturated carbocycles. The summed E-state index contributed by atoms with van der Waals surface area (Å²) in [5.41, 5.74) is 1.18. The van der Waals surface area contributed by atoms with Gasteiger partial charge in [0.1, 0.15) is 17.5 Å². The van der Waals surface area contributed by atoms with Gasteiger partial charge in [-0.1, -0.05) is 12.5 Å². The van der Waals surface area contributed by atoms with Gasteiger partial charge >= 0.3 is 0 Å². The maximum absolute atomic E-state index is 14.1. The van der Waals surface area contributed by atoms with Crippen LogP contribution in [0.2, 0.25) is 0 Å². The highest BCUT2D eigenvalue weighted by Crippen LogP contribution is 2.32. The number of hydrogen-bond acceptors (Lipinski definition) is 4. The number of halogens is 2. The van der Waals surface area contributed by atoms with Crippen LogP contribution < -0.4 is 5.56 Å². The molecule has 144 valence electrons. The Morgan fingerprint density at radius 1 is 1.11 bits per heavy atom. The standard InChI is InChI=1S/C21H20F2N4O/c22-16-4-3-5-17(23)15(16)13-27-11-2-1-6-19(27)18-12-20(28)26-21(25-18)14-7-9-24-10-8-14/h3-5,7-10,12,19H,1-2,6,11,13H2,(H,25,26,28)/t19-/m0/s1. The topological polar surface area (TPSA) is 61.9 Å². The number of H-pyrrole nitrogens is 1. The Morgan fingerprint density at radius 3 is 2.61 bits per heavy atom. The molecular weight excluding hydrogens is 362 g/mol. The second-order valence-electron chi connectivity index (χ2n) is 6.94. The number of pyridine rings is 1. The Balaban J connectivity index is 1.68. The molecule has 3 aromatic rings. The minimum atomic E-state index is -0.555. The van der Waals surface area contributed by atoms with Crippen LogP contribution in [0.3, 0.4) is 0 Å². The minimum absolute atomic E-state index is 0.0496. The zero-order chi connectivity index (χ0) is 19.5. The molecule has 0 unspecified atom stereocenters. The highest BCUT2D eigenvalue weighted by atomic mass is 19.1. The number of aromatic amines is 1. The summed E-state index contributed by atoms with van der Waals surface area (Å²) in [5, 5.41) is 0. The van der Waals surface area contributed by atoms with Crippen LogP contribution in [0.25, 0.3) is 11.4 Å². The molecule has 0 spiro atoms. The van der Waals surface area contributed by atoms with Crippen LogP contribution in [0.1, 0.15) is 36.6 Å². The molecule has 1 aliphatic rings. The summed E-state index contributed by atoms with van der Waals surface area (Å²) in [4.78, 5) is 25.6. The van der Waals surface area contributed by atoms with Crippen molar-refractivity contribution in [2.24, 2.45) is 0 Å². The Kier molecular flexibility index (Phi) is 5.25. The largest absolute Gasteiger partial charge is 0.307 e. The van der Waals surface area contributed by atoms with Crippen molar-refractivity contribution in [2.45, 2.75) is 31.8 Å². The first-order valence-electron chi connectivity index (χ1n) is 9.30. The zero-order valence-corrected chi connectivity index (χ0v) is 15.2. The number of nitrogens with one attached hydrogen (secondary N) is 1. The molecule has 0 radical (unpaired) electrons. The molecule has 1 aromatic carbocycles. The maximum atomic E-state index is 14.1. The lowest BCUT2D eigenvalue weighted by molar-refractivity contribution is 0.134. The van der Waals surface area contributed by atoms with E-state index >= 15 is 0 Å². The molecule has 1 aliphatic heterocycles. The fourth-order valence-electron chi connectivity index (χ4n) is 3.70. The van der Waals surface area contributed by atoms with Crippen molar-refractivity contribution < 1.29 is 8.78 Å². The predicted octanol–water partition coefficient (Wildman–Crippen LogP) is 3.84. The molecule has 3 heterocycles. The number of likely N-dealkylation sites (tertiary alicyclic amines) is 1. The van der Waals surface area contributed by atoms with E-state index in [-0.39, 0.29) is 23.7 Å². The third kappa shape index (κ3) is 3.84. The molecular formula is C21H20F2N4O. The second kappa shape index (κ2) is 7.98. The van der Waals surface area contributed by atoms with Gasteiger partial charge in [0, 0.05) is 36.1 Å². The van der Waals surface area contributed by atoms with Crippen molar-refractivity contribution in [3.63, 3.8) is 0 Å². The van der Waals surface area contributed by atoms with Gasteiger partial charge in [-0.25, -0.2) is 13.8 Å². The second-order valence-corrected chi connectivity index (χ2v) is 6.94. The van der Waals surface area contributed by atoms with Gasteiger partial charge in [0.15, 0.2) is 0 Å². The third-order valence-corrected chi connectivity index (χ3v) is 5.09. The molecule has 28 heavy (non-hydrogen) atoms. The van der Waals surface area contributed by atoms with E-state index in [1.807, 2.05) is 4.90 Å². The van der Waals surface area contributed by atoms with Crippen molar-refractivity contribution in [2.75, 3.05) is 6.54 Å². The lowest BCUT2D eigenvalue weighted by Crippen LogP contribution is -2.34. The van der Waals surface area contributed by atoms with Gasteiger partial charge in [-0.15, -0.1) is 0 Å². The van der Waals surface area contributed by atoms with Gasteiger partial charge in [-0.05, 0) is 43.7 Å². The van der Waals surface area contributed by atoms with Gasteiger partial charge in [0.25, 0.3) is 5.56 Å². The van der Waals surface area contributed by atoms with Crippen LogP contribution in [0.15, 0.2) is 53.6 Å². The lowest BCUT2D eigenvalue weighted by Gasteiger charge is -2.35. The molecule has 1 fully saturated rings. The smallest absolute Gasteiger partial charge is 0.251 e. The average Bonchev–Trinajstić information content (AvgIpc) is 2.71. The maximum Gasteiger partial charge on any atom is 0.251 e. The van der Waals surface area contributed by atoms with E-state index in [0.717, 1.165) is 24.8 Å². The van der Waals surface area contributed by atoms with E-state index in [4.69, 9.17) is 0 Å². The van der Waals surface area contributed by atoms with Crippen LogP contribution in [-0.2, 0) is 6.54 Å². The highest BCUT2D eigenvalue weighted by molar-refractivity contribution is 5.53. The summed E-state index contributed by atoms with van der Waals surface area (Å²) in [6, 6.07) is 8.75. The summed E-state index contributed by atoms with van der Waals surface area (Å²) in [6.07, 6.45) is 5.96. The molecule has 0 bridgehead atoms.